The minimum Gasteiger partial charge on any atom is -0.392 e. The van der Waals surface area contributed by atoms with Gasteiger partial charge < -0.3 is 5.11 Å². The van der Waals surface area contributed by atoms with Crippen molar-refractivity contribution >= 4 is 0 Å². The van der Waals surface area contributed by atoms with Crippen molar-refractivity contribution in [3.63, 3.8) is 0 Å². The van der Waals surface area contributed by atoms with Gasteiger partial charge in [0.25, 0.3) is 0 Å². The lowest BCUT2D eigenvalue weighted by atomic mass is 9.87. The van der Waals surface area contributed by atoms with Crippen molar-refractivity contribution in [2.45, 2.75) is 39.0 Å². The van der Waals surface area contributed by atoms with Crippen molar-refractivity contribution < 1.29 is 18.3 Å². The van der Waals surface area contributed by atoms with Crippen LogP contribution >= 0.6 is 0 Å². The maximum absolute atomic E-state index is 12.1. The van der Waals surface area contributed by atoms with E-state index in [0.29, 0.717) is 6.54 Å². The summed E-state index contributed by atoms with van der Waals surface area (Å²) in [6.07, 6.45) is -2.98. The lowest BCUT2D eigenvalue weighted by Gasteiger charge is -2.28. The first-order valence-electron chi connectivity index (χ1n) is 5.55. The van der Waals surface area contributed by atoms with E-state index < -0.39 is 18.8 Å². The molecule has 1 saturated carbocycles. The largest absolute Gasteiger partial charge is 0.401 e. The van der Waals surface area contributed by atoms with Gasteiger partial charge in [-0.25, -0.2) is 0 Å². The predicted molar refractivity (Wildman–Crippen MR) is 56.1 cm³/mol. The van der Waals surface area contributed by atoms with E-state index in [0.717, 1.165) is 12.8 Å². The fourth-order valence-corrected chi connectivity index (χ4v) is 2.46. The molecule has 0 aliphatic heterocycles. The van der Waals surface area contributed by atoms with Gasteiger partial charge in [-0.3, -0.25) is 4.90 Å². The van der Waals surface area contributed by atoms with Crippen molar-refractivity contribution in [3.8, 4) is 0 Å². The maximum atomic E-state index is 12.1. The Balaban J connectivity index is 2.44. The third-order valence-electron chi connectivity index (χ3n) is 3.40. The van der Waals surface area contributed by atoms with Gasteiger partial charge in [0.15, 0.2) is 0 Å². The first-order valence-corrected chi connectivity index (χ1v) is 5.55. The fraction of sp³-hybridized carbons (Fsp3) is 1.00. The normalized spacial score (nSPS) is 30.0. The Labute approximate surface area is 94.4 Å². The van der Waals surface area contributed by atoms with Crippen molar-refractivity contribution in [3.05, 3.63) is 0 Å². The van der Waals surface area contributed by atoms with E-state index in [4.69, 9.17) is 0 Å². The van der Waals surface area contributed by atoms with Gasteiger partial charge in [-0.05, 0) is 31.2 Å². The van der Waals surface area contributed by atoms with Crippen LogP contribution in [0.2, 0.25) is 0 Å². The average molecular weight is 239 g/mol. The Morgan fingerprint density at radius 2 is 1.94 bits per heavy atom. The van der Waals surface area contributed by atoms with Crippen LogP contribution in [0.25, 0.3) is 0 Å². The number of halogens is 3. The van der Waals surface area contributed by atoms with Gasteiger partial charge in [-0.1, -0.05) is 13.8 Å². The Morgan fingerprint density at radius 1 is 1.38 bits per heavy atom. The molecule has 2 atom stereocenters. The van der Waals surface area contributed by atoms with E-state index in [1.165, 1.54) is 11.9 Å². The molecule has 0 spiro atoms. The lowest BCUT2D eigenvalue weighted by Crippen LogP contribution is -2.38. The van der Waals surface area contributed by atoms with Gasteiger partial charge in [0.05, 0.1) is 12.6 Å². The summed E-state index contributed by atoms with van der Waals surface area (Å²) in [5.41, 5.74) is -0.163. The molecule has 0 aromatic carbocycles. The van der Waals surface area contributed by atoms with Gasteiger partial charge in [-0.15, -0.1) is 0 Å². The molecule has 1 rings (SSSR count). The van der Waals surface area contributed by atoms with Gasteiger partial charge in [0, 0.05) is 6.54 Å². The summed E-state index contributed by atoms with van der Waals surface area (Å²) >= 11 is 0. The molecule has 96 valence electrons. The molecule has 1 fully saturated rings. The number of hydrogen-bond donors (Lipinski definition) is 1. The SMILES string of the molecule is CN(CC1CCC(C)(C)C1O)CC(F)(F)F. The van der Waals surface area contributed by atoms with Crippen molar-refractivity contribution in [2.24, 2.45) is 11.3 Å². The molecule has 0 aromatic heterocycles. The van der Waals surface area contributed by atoms with E-state index in [2.05, 4.69) is 0 Å². The third-order valence-corrected chi connectivity index (χ3v) is 3.40. The molecule has 2 nitrogen and oxygen atoms in total. The van der Waals surface area contributed by atoms with Crippen molar-refractivity contribution in [2.75, 3.05) is 20.1 Å². The van der Waals surface area contributed by atoms with Crippen molar-refractivity contribution in [1.82, 2.24) is 4.90 Å². The molecule has 2 unspecified atom stereocenters. The van der Waals surface area contributed by atoms with E-state index in [-0.39, 0.29) is 11.3 Å². The van der Waals surface area contributed by atoms with Crippen LogP contribution in [0.3, 0.4) is 0 Å². The Kier molecular flexibility index (Phi) is 3.90. The zero-order valence-electron chi connectivity index (χ0n) is 10.0. The summed E-state index contributed by atoms with van der Waals surface area (Å²) in [7, 11) is 1.45. The molecule has 1 aliphatic carbocycles. The van der Waals surface area contributed by atoms with Crippen LogP contribution < -0.4 is 0 Å². The zero-order chi connectivity index (χ0) is 12.6. The molecule has 0 aromatic rings. The lowest BCUT2D eigenvalue weighted by molar-refractivity contribution is -0.145. The standard InChI is InChI=1S/C11H20F3NO/c1-10(2)5-4-8(9(10)16)6-15(3)7-11(12,13)14/h8-9,16H,4-7H2,1-3H3. The molecule has 0 saturated heterocycles. The molecule has 0 radical (unpaired) electrons. The molecule has 1 N–H and O–H groups in total. The monoisotopic (exact) mass is 239 g/mol. The average Bonchev–Trinajstić information content (AvgIpc) is 2.28. The van der Waals surface area contributed by atoms with E-state index in [9.17, 15) is 18.3 Å². The third kappa shape index (κ3) is 3.63. The number of aliphatic hydroxyl groups is 1. The predicted octanol–water partition coefficient (Wildman–Crippen LogP) is 2.28. The highest BCUT2D eigenvalue weighted by Gasteiger charge is 2.41. The van der Waals surface area contributed by atoms with E-state index in [1.54, 1.807) is 0 Å². The first kappa shape index (κ1) is 13.8. The second-order valence-corrected chi connectivity index (χ2v) is 5.54. The van der Waals surface area contributed by atoms with Crippen LogP contribution in [0.1, 0.15) is 26.7 Å². The van der Waals surface area contributed by atoms with Crippen molar-refractivity contribution in [1.29, 1.82) is 0 Å². The molecular formula is C11H20F3NO. The molecule has 0 amide bonds. The Morgan fingerprint density at radius 3 is 2.31 bits per heavy atom. The molecule has 1 aliphatic rings. The van der Waals surface area contributed by atoms with Gasteiger partial charge >= 0.3 is 6.18 Å². The number of rotatable bonds is 3. The molecule has 5 heteroatoms. The highest BCUT2D eigenvalue weighted by atomic mass is 19.4. The van der Waals surface area contributed by atoms with E-state index >= 15 is 0 Å². The number of aliphatic hydroxyl groups excluding tert-OH is 1. The minimum atomic E-state index is -4.16. The Bertz CT molecular complexity index is 240. The van der Waals surface area contributed by atoms with Crippen LogP contribution in [0.5, 0.6) is 0 Å². The summed E-state index contributed by atoms with van der Waals surface area (Å²) in [6.45, 7) is 3.32. The van der Waals surface area contributed by atoms with E-state index in [1.807, 2.05) is 13.8 Å². The smallest absolute Gasteiger partial charge is 0.392 e. The number of alkyl halides is 3. The molecule has 16 heavy (non-hydrogen) atoms. The maximum Gasteiger partial charge on any atom is 0.401 e. The molecule has 0 heterocycles. The summed E-state index contributed by atoms with van der Waals surface area (Å²) in [6, 6.07) is 0. The summed E-state index contributed by atoms with van der Waals surface area (Å²) < 4.78 is 36.4. The second-order valence-electron chi connectivity index (χ2n) is 5.54. The van der Waals surface area contributed by atoms with Crippen LogP contribution in [0, 0.1) is 11.3 Å². The number of hydrogen-bond acceptors (Lipinski definition) is 2. The zero-order valence-corrected chi connectivity index (χ0v) is 10.0. The first-order chi connectivity index (χ1) is 7.12. The summed E-state index contributed by atoms with van der Waals surface area (Å²) in [5, 5.41) is 9.96. The second kappa shape index (κ2) is 4.53. The molecule has 0 bridgehead atoms. The summed E-state index contributed by atoms with van der Waals surface area (Å²) in [4.78, 5) is 1.25. The van der Waals surface area contributed by atoms with Crippen LogP contribution in [-0.2, 0) is 0 Å². The van der Waals surface area contributed by atoms with Gasteiger partial charge in [0.1, 0.15) is 0 Å². The topological polar surface area (TPSA) is 23.5 Å². The quantitative estimate of drug-likeness (QED) is 0.816. The summed E-state index contributed by atoms with van der Waals surface area (Å²) in [5.74, 6) is -0.0395. The van der Waals surface area contributed by atoms with Gasteiger partial charge in [-0.2, -0.15) is 13.2 Å². The van der Waals surface area contributed by atoms with Gasteiger partial charge in [0.2, 0.25) is 0 Å². The molecular weight excluding hydrogens is 219 g/mol. The highest BCUT2D eigenvalue weighted by molar-refractivity contribution is 4.92. The van der Waals surface area contributed by atoms with Crippen LogP contribution in [0.4, 0.5) is 13.2 Å². The Hall–Kier alpha value is -0.290. The fourth-order valence-electron chi connectivity index (χ4n) is 2.46. The van der Waals surface area contributed by atoms with Crippen LogP contribution in [0.15, 0.2) is 0 Å². The van der Waals surface area contributed by atoms with Crippen LogP contribution in [-0.4, -0.2) is 42.4 Å². The minimum absolute atomic E-state index is 0.0395. The number of nitrogens with zero attached hydrogens (tertiary/aromatic N) is 1. The highest BCUT2D eigenvalue weighted by Crippen LogP contribution is 2.41.